The van der Waals surface area contributed by atoms with Gasteiger partial charge in [0.2, 0.25) is 5.91 Å². The summed E-state index contributed by atoms with van der Waals surface area (Å²) in [5.41, 5.74) is 0.929. The van der Waals surface area contributed by atoms with E-state index in [9.17, 15) is 9.18 Å². The predicted octanol–water partition coefficient (Wildman–Crippen LogP) is 3.83. The van der Waals surface area contributed by atoms with Gasteiger partial charge in [-0.2, -0.15) is 0 Å². The lowest BCUT2D eigenvalue weighted by Gasteiger charge is -2.44. The third kappa shape index (κ3) is 4.15. The van der Waals surface area contributed by atoms with E-state index in [2.05, 4.69) is 16.7 Å². The fraction of sp³-hybridized carbons (Fsp3) is 0.650. The SMILES string of the molecule is CCN(CC(=O)N1CCCC2CCCCC21)Cc1cccc(F)c1. The highest BCUT2D eigenvalue weighted by molar-refractivity contribution is 5.78. The van der Waals surface area contributed by atoms with Gasteiger partial charge < -0.3 is 4.90 Å². The number of likely N-dealkylation sites (N-methyl/N-ethyl adjacent to an activating group) is 1. The lowest BCUT2D eigenvalue weighted by atomic mass is 9.78. The number of likely N-dealkylation sites (tertiary alicyclic amines) is 1. The molecule has 24 heavy (non-hydrogen) atoms. The number of amides is 1. The van der Waals surface area contributed by atoms with Crippen LogP contribution in [0.25, 0.3) is 0 Å². The van der Waals surface area contributed by atoms with Crippen LogP contribution in [0.4, 0.5) is 4.39 Å². The second-order valence-corrected chi connectivity index (χ2v) is 7.27. The zero-order valence-corrected chi connectivity index (χ0v) is 14.7. The molecule has 0 spiro atoms. The third-order valence-electron chi connectivity index (χ3n) is 5.66. The van der Waals surface area contributed by atoms with Crippen LogP contribution in [0.3, 0.4) is 0 Å². The normalized spacial score (nSPS) is 24.0. The molecule has 3 nitrogen and oxygen atoms in total. The molecule has 1 saturated heterocycles. The van der Waals surface area contributed by atoms with Crippen molar-refractivity contribution in [3.63, 3.8) is 0 Å². The molecule has 2 atom stereocenters. The van der Waals surface area contributed by atoms with Crippen LogP contribution in [0.5, 0.6) is 0 Å². The Morgan fingerprint density at radius 2 is 2.04 bits per heavy atom. The molecule has 1 aromatic rings. The molecular formula is C20H29FN2O. The van der Waals surface area contributed by atoms with Gasteiger partial charge in [-0.05, 0) is 55.8 Å². The Morgan fingerprint density at radius 1 is 1.25 bits per heavy atom. The van der Waals surface area contributed by atoms with Crippen molar-refractivity contribution in [2.45, 2.75) is 58.0 Å². The van der Waals surface area contributed by atoms with E-state index in [0.717, 1.165) is 31.0 Å². The maximum absolute atomic E-state index is 13.4. The molecule has 2 unspecified atom stereocenters. The number of hydrogen-bond acceptors (Lipinski definition) is 2. The molecular weight excluding hydrogens is 303 g/mol. The van der Waals surface area contributed by atoms with E-state index in [4.69, 9.17) is 0 Å². The molecule has 0 N–H and O–H groups in total. The second kappa shape index (κ2) is 8.11. The van der Waals surface area contributed by atoms with Gasteiger partial charge in [0.05, 0.1) is 6.54 Å². The summed E-state index contributed by atoms with van der Waals surface area (Å²) in [5, 5.41) is 0. The fourth-order valence-electron chi connectivity index (χ4n) is 4.39. The molecule has 1 heterocycles. The van der Waals surface area contributed by atoms with Gasteiger partial charge in [0, 0.05) is 19.1 Å². The van der Waals surface area contributed by atoms with Crippen LogP contribution < -0.4 is 0 Å². The third-order valence-corrected chi connectivity index (χ3v) is 5.66. The molecule has 0 aromatic heterocycles. The van der Waals surface area contributed by atoms with Crippen LogP contribution in [0, 0.1) is 11.7 Å². The van der Waals surface area contributed by atoms with E-state index in [1.807, 2.05) is 6.07 Å². The Kier molecular flexibility index (Phi) is 5.88. The minimum atomic E-state index is -0.212. The van der Waals surface area contributed by atoms with Crippen LogP contribution >= 0.6 is 0 Å². The first kappa shape index (κ1) is 17.4. The Morgan fingerprint density at radius 3 is 2.83 bits per heavy atom. The van der Waals surface area contributed by atoms with Crippen molar-refractivity contribution >= 4 is 5.91 Å². The minimum absolute atomic E-state index is 0.212. The van der Waals surface area contributed by atoms with E-state index in [-0.39, 0.29) is 11.7 Å². The average Bonchev–Trinajstić information content (AvgIpc) is 2.60. The number of halogens is 1. The molecule has 1 aliphatic heterocycles. The number of carbonyl (C=O) groups excluding carboxylic acids is 1. The molecule has 1 aromatic carbocycles. The summed E-state index contributed by atoms with van der Waals surface area (Å²) >= 11 is 0. The summed E-state index contributed by atoms with van der Waals surface area (Å²) in [5.74, 6) is 0.760. The van der Waals surface area contributed by atoms with Crippen LogP contribution in [0.2, 0.25) is 0 Å². The standard InChI is InChI=1S/C20H29FN2O/c1-2-22(14-16-7-5-10-18(21)13-16)15-20(24)23-12-6-9-17-8-3-4-11-19(17)23/h5,7,10,13,17,19H,2-4,6,8-9,11-12,14-15H2,1H3. The monoisotopic (exact) mass is 332 g/mol. The van der Waals surface area contributed by atoms with Crippen molar-refractivity contribution in [1.82, 2.24) is 9.80 Å². The number of fused-ring (bicyclic) bond motifs is 1. The summed E-state index contributed by atoms with van der Waals surface area (Å²) in [7, 11) is 0. The van der Waals surface area contributed by atoms with E-state index in [1.165, 1.54) is 38.2 Å². The highest BCUT2D eigenvalue weighted by Crippen LogP contribution is 2.35. The molecule has 132 valence electrons. The largest absolute Gasteiger partial charge is 0.338 e. The predicted molar refractivity (Wildman–Crippen MR) is 94.0 cm³/mol. The number of carbonyl (C=O) groups is 1. The number of hydrogen-bond donors (Lipinski definition) is 0. The molecule has 3 rings (SSSR count). The van der Waals surface area contributed by atoms with Gasteiger partial charge in [0.1, 0.15) is 5.82 Å². The molecule has 0 bridgehead atoms. The maximum atomic E-state index is 13.4. The fourth-order valence-corrected chi connectivity index (χ4v) is 4.39. The van der Waals surface area contributed by atoms with Crippen LogP contribution in [0.15, 0.2) is 24.3 Å². The van der Waals surface area contributed by atoms with E-state index in [0.29, 0.717) is 19.1 Å². The summed E-state index contributed by atoms with van der Waals surface area (Å²) in [6, 6.07) is 7.15. The number of piperidine rings is 1. The van der Waals surface area contributed by atoms with Crippen molar-refractivity contribution < 1.29 is 9.18 Å². The lowest BCUT2D eigenvalue weighted by Crippen LogP contribution is -2.52. The van der Waals surface area contributed by atoms with Gasteiger partial charge in [-0.3, -0.25) is 9.69 Å². The molecule has 2 fully saturated rings. The zero-order chi connectivity index (χ0) is 16.9. The van der Waals surface area contributed by atoms with Crippen molar-refractivity contribution in [2.75, 3.05) is 19.6 Å². The van der Waals surface area contributed by atoms with Crippen molar-refractivity contribution in [1.29, 1.82) is 0 Å². The van der Waals surface area contributed by atoms with Gasteiger partial charge >= 0.3 is 0 Å². The summed E-state index contributed by atoms with van der Waals surface area (Å²) < 4.78 is 13.4. The Bertz CT molecular complexity index is 560. The van der Waals surface area contributed by atoms with Gasteiger partial charge in [-0.25, -0.2) is 4.39 Å². The van der Waals surface area contributed by atoms with Gasteiger partial charge in [0.15, 0.2) is 0 Å². The first-order valence-corrected chi connectivity index (χ1v) is 9.43. The smallest absolute Gasteiger partial charge is 0.237 e. The molecule has 1 saturated carbocycles. The van der Waals surface area contributed by atoms with E-state index in [1.54, 1.807) is 12.1 Å². The zero-order valence-electron chi connectivity index (χ0n) is 14.7. The molecule has 2 aliphatic rings. The molecule has 1 aliphatic carbocycles. The topological polar surface area (TPSA) is 23.6 Å². The Labute approximate surface area is 144 Å². The Balaban J connectivity index is 1.61. The van der Waals surface area contributed by atoms with Gasteiger partial charge in [-0.15, -0.1) is 0 Å². The average molecular weight is 332 g/mol. The van der Waals surface area contributed by atoms with Crippen LogP contribution in [0.1, 0.15) is 51.0 Å². The van der Waals surface area contributed by atoms with Gasteiger partial charge in [-0.1, -0.05) is 31.9 Å². The van der Waals surface area contributed by atoms with Gasteiger partial charge in [0.25, 0.3) is 0 Å². The number of benzene rings is 1. The number of nitrogens with zero attached hydrogens (tertiary/aromatic N) is 2. The van der Waals surface area contributed by atoms with Crippen LogP contribution in [-0.4, -0.2) is 41.4 Å². The van der Waals surface area contributed by atoms with Crippen LogP contribution in [-0.2, 0) is 11.3 Å². The first-order chi connectivity index (χ1) is 11.7. The summed E-state index contributed by atoms with van der Waals surface area (Å²) in [6.45, 7) is 4.84. The highest BCUT2D eigenvalue weighted by Gasteiger charge is 2.35. The minimum Gasteiger partial charge on any atom is -0.338 e. The number of rotatable bonds is 5. The lowest BCUT2D eigenvalue weighted by molar-refractivity contribution is -0.138. The molecule has 1 amide bonds. The van der Waals surface area contributed by atoms with E-state index < -0.39 is 0 Å². The van der Waals surface area contributed by atoms with Crippen molar-refractivity contribution in [3.8, 4) is 0 Å². The summed E-state index contributed by atoms with van der Waals surface area (Å²) in [6.07, 6.45) is 7.47. The highest BCUT2D eigenvalue weighted by atomic mass is 19.1. The Hall–Kier alpha value is -1.42. The maximum Gasteiger partial charge on any atom is 0.237 e. The van der Waals surface area contributed by atoms with Crippen molar-refractivity contribution in [2.24, 2.45) is 5.92 Å². The van der Waals surface area contributed by atoms with Crippen molar-refractivity contribution in [3.05, 3.63) is 35.6 Å². The second-order valence-electron chi connectivity index (χ2n) is 7.27. The summed E-state index contributed by atoms with van der Waals surface area (Å²) in [4.78, 5) is 17.2. The molecule has 4 heteroatoms. The molecule has 0 radical (unpaired) electrons. The quantitative estimate of drug-likeness (QED) is 0.818. The van der Waals surface area contributed by atoms with E-state index >= 15 is 0 Å². The first-order valence-electron chi connectivity index (χ1n) is 9.43.